The van der Waals surface area contributed by atoms with E-state index in [4.69, 9.17) is 9.47 Å². The van der Waals surface area contributed by atoms with Gasteiger partial charge in [0.25, 0.3) is 0 Å². The molecule has 2 fully saturated rings. The van der Waals surface area contributed by atoms with Gasteiger partial charge in [0.05, 0.1) is 12.7 Å². The van der Waals surface area contributed by atoms with E-state index in [-0.39, 0.29) is 6.10 Å². The van der Waals surface area contributed by atoms with Crippen molar-refractivity contribution >= 4 is 0 Å². The van der Waals surface area contributed by atoms with Crippen molar-refractivity contribution in [3.05, 3.63) is 35.9 Å². The predicted octanol–water partition coefficient (Wildman–Crippen LogP) is 2.67. The lowest BCUT2D eigenvalue weighted by atomic mass is 9.76. The maximum Gasteiger partial charge on any atom is 0.163 e. The van der Waals surface area contributed by atoms with Gasteiger partial charge in [-0.1, -0.05) is 30.3 Å². The monoisotopic (exact) mass is 261 g/mol. The molecule has 2 aliphatic rings. The van der Waals surface area contributed by atoms with Crippen molar-refractivity contribution in [2.75, 3.05) is 13.2 Å². The third kappa shape index (κ3) is 3.16. The molecular weight excluding hydrogens is 238 g/mol. The third-order valence-corrected chi connectivity index (χ3v) is 4.11. The van der Waals surface area contributed by atoms with Crippen LogP contribution in [0.1, 0.15) is 38.2 Å². The van der Waals surface area contributed by atoms with Crippen molar-refractivity contribution in [1.29, 1.82) is 0 Å². The van der Waals surface area contributed by atoms with Crippen LogP contribution < -0.4 is 5.32 Å². The Hall–Kier alpha value is -0.900. The Balaban J connectivity index is 1.38. The smallest absolute Gasteiger partial charge is 0.163 e. The molecule has 3 heteroatoms. The lowest BCUT2D eigenvalue weighted by Gasteiger charge is -2.37. The SMILES string of the molecule is CC1(C)OCC(CNC2CC(c3ccccc3)C2)O1. The summed E-state index contributed by atoms with van der Waals surface area (Å²) in [5.74, 6) is 0.328. The summed E-state index contributed by atoms with van der Waals surface area (Å²) >= 11 is 0. The Labute approximate surface area is 115 Å². The van der Waals surface area contributed by atoms with Gasteiger partial charge in [0, 0.05) is 12.6 Å². The molecule has 1 aromatic carbocycles. The molecule has 0 bridgehead atoms. The molecule has 1 N–H and O–H groups in total. The first-order valence-corrected chi connectivity index (χ1v) is 7.22. The first-order chi connectivity index (χ1) is 9.12. The number of benzene rings is 1. The van der Waals surface area contributed by atoms with Gasteiger partial charge in [-0.05, 0) is 38.2 Å². The van der Waals surface area contributed by atoms with Crippen LogP contribution in [0.25, 0.3) is 0 Å². The van der Waals surface area contributed by atoms with E-state index in [1.807, 2.05) is 13.8 Å². The Bertz CT molecular complexity index is 412. The quantitative estimate of drug-likeness (QED) is 0.904. The molecule has 1 atom stereocenters. The molecular formula is C16H23NO2. The number of nitrogens with one attached hydrogen (secondary N) is 1. The lowest BCUT2D eigenvalue weighted by Crippen LogP contribution is -2.44. The Morgan fingerprint density at radius 2 is 1.95 bits per heavy atom. The van der Waals surface area contributed by atoms with E-state index in [1.165, 1.54) is 18.4 Å². The van der Waals surface area contributed by atoms with Crippen LogP contribution in [0.5, 0.6) is 0 Å². The lowest BCUT2D eigenvalue weighted by molar-refractivity contribution is -0.138. The molecule has 104 valence electrons. The van der Waals surface area contributed by atoms with Gasteiger partial charge in [-0.2, -0.15) is 0 Å². The van der Waals surface area contributed by atoms with Crippen LogP contribution in [0.2, 0.25) is 0 Å². The predicted molar refractivity (Wildman–Crippen MR) is 75.1 cm³/mol. The summed E-state index contributed by atoms with van der Waals surface area (Å²) in [6, 6.07) is 11.4. The minimum absolute atomic E-state index is 0.200. The normalized spacial score (nSPS) is 33.1. The second-order valence-corrected chi connectivity index (χ2v) is 6.13. The van der Waals surface area contributed by atoms with E-state index in [9.17, 15) is 0 Å². The molecule has 1 aromatic rings. The molecule has 1 saturated carbocycles. The molecule has 1 heterocycles. The highest BCUT2D eigenvalue weighted by Crippen LogP contribution is 2.36. The number of hydrogen-bond donors (Lipinski definition) is 1. The summed E-state index contributed by atoms with van der Waals surface area (Å²) in [7, 11) is 0. The highest BCUT2D eigenvalue weighted by Gasteiger charge is 2.34. The largest absolute Gasteiger partial charge is 0.348 e. The van der Waals surface area contributed by atoms with Gasteiger partial charge in [0.15, 0.2) is 5.79 Å². The molecule has 0 aromatic heterocycles. The van der Waals surface area contributed by atoms with Crippen LogP contribution >= 0.6 is 0 Å². The van der Waals surface area contributed by atoms with E-state index < -0.39 is 5.79 Å². The van der Waals surface area contributed by atoms with Gasteiger partial charge >= 0.3 is 0 Å². The van der Waals surface area contributed by atoms with E-state index in [0.29, 0.717) is 12.6 Å². The number of hydrogen-bond acceptors (Lipinski definition) is 3. The standard InChI is InChI=1S/C16H23NO2/c1-16(2)18-11-15(19-16)10-17-14-8-13(9-14)12-6-4-3-5-7-12/h3-7,13-15,17H,8-11H2,1-2H3. The van der Waals surface area contributed by atoms with E-state index in [2.05, 4.69) is 35.6 Å². The third-order valence-electron chi connectivity index (χ3n) is 4.11. The summed E-state index contributed by atoms with van der Waals surface area (Å²) in [6.45, 7) is 5.55. The first kappa shape index (κ1) is 13.1. The van der Waals surface area contributed by atoms with E-state index in [0.717, 1.165) is 12.5 Å². The van der Waals surface area contributed by atoms with Gasteiger partial charge < -0.3 is 14.8 Å². The average molecular weight is 261 g/mol. The zero-order valence-electron chi connectivity index (χ0n) is 11.8. The molecule has 0 radical (unpaired) electrons. The number of rotatable bonds is 4. The Morgan fingerprint density at radius 3 is 2.58 bits per heavy atom. The fraction of sp³-hybridized carbons (Fsp3) is 0.625. The van der Waals surface area contributed by atoms with E-state index in [1.54, 1.807) is 0 Å². The zero-order valence-corrected chi connectivity index (χ0v) is 11.8. The van der Waals surface area contributed by atoms with Crippen molar-refractivity contribution in [1.82, 2.24) is 5.32 Å². The molecule has 1 saturated heterocycles. The summed E-state index contributed by atoms with van der Waals surface area (Å²) in [5, 5.41) is 3.59. The van der Waals surface area contributed by atoms with Crippen LogP contribution in [0, 0.1) is 0 Å². The van der Waals surface area contributed by atoms with Crippen LogP contribution in [0.4, 0.5) is 0 Å². The molecule has 0 amide bonds. The van der Waals surface area contributed by atoms with Crippen molar-refractivity contribution in [2.24, 2.45) is 0 Å². The van der Waals surface area contributed by atoms with Gasteiger partial charge in [0.2, 0.25) is 0 Å². The van der Waals surface area contributed by atoms with Crippen LogP contribution in [0.3, 0.4) is 0 Å². The zero-order chi connectivity index (χ0) is 13.3. The molecule has 1 unspecified atom stereocenters. The maximum absolute atomic E-state index is 5.79. The molecule has 1 aliphatic carbocycles. The van der Waals surface area contributed by atoms with E-state index >= 15 is 0 Å². The molecule has 1 aliphatic heterocycles. The second-order valence-electron chi connectivity index (χ2n) is 6.13. The van der Waals surface area contributed by atoms with Crippen LogP contribution in [-0.4, -0.2) is 31.1 Å². The second kappa shape index (κ2) is 5.23. The summed E-state index contributed by atoms with van der Waals surface area (Å²) in [6.07, 6.45) is 2.67. The summed E-state index contributed by atoms with van der Waals surface area (Å²) in [4.78, 5) is 0. The average Bonchev–Trinajstić information content (AvgIpc) is 2.68. The van der Waals surface area contributed by atoms with Gasteiger partial charge in [-0.25, -0.2) is 0 Å². The fourth-order valence-electron chi connectivity index (χ4n) is 2.94. The maximum atomic E-state index is 5.79. The van der Waals surface area contributed by atoms with Gasteiger partial charge in [-0.3, -0.25) is 0 Å². The minimum atomic E-state index is -0.404. The van der Waals surface area contributed by atoms with Crippen molar-refractivity contribution in [3.63, 3.8) is 0 Å². The molecule has 3 rings (SSSR count). The highest BCUT2D eigenvalue weighted by molar-refractivity contribution is 5.22. The molecule has 3 nitrogen and oxygen atoms in total. The van der Waals surface area contributed by atoms with Crippen LogP contribution in [-0.2, 0) is 9.47 Å². The number of ether oxygens (including phenoxy) is 2. The summed E-state index contributed by atoms with van der Waals surface area (Å²) in [5.41, 5.74) is 1.47. The Kier molecular flexibility index (Phi) is 3.61. The molecule has 19 heavy (non-hydrogen) atoms. The Morgan fingerprint density at radius 1 is 1.21 bits per heavy atom. The fourth-order valence-corrected chi connectivity index (χ4v) is 2.94. The van der Waals surface area contributed by atoms with Crippen molar-refractivity contribution in [2.45, 2.75) is 50.5 Å². The first-order valence-electron chi connectivity index (χ1n) is 7.22. The highest BCUT2D eigenvalue weighted by atomic mass is 16.7. The van der Waals surface area contributed by atoms with Gasteiger partial charge in [0.1, 0.15) is 0 Å². The van der Waals surface area contributed by atoms with Crippen LogP contribution in [0.15, 0.2) is 30.3 Å². The topological polar surface area (TPSA) is 30.5 Å². The molecule has 0 spiro atoms. The summed E-state index contributed by atoms with van der Waals surface area (Å²) < 4.78 is 11.4. The minimum Gasteiger partial charge on any atom is -0.348 e. The van der Waals surface area contributed by atoms with Crippen molar-refractivity contribution < 1.29 is 9.47 Å². The van der Waals surface area contributed by atoms with Crippen molar-refractivity contribution in [3.8, 4) is 0 Å². The van der Waals surface area contributed by atoms with Gasteiger partial charge in [-0.15, -0.1) is 0 Å².